The minimum Gasteiger partial charge on any atom is -0.395 e. The number of aromatic nitrogens is 1. The average Bonchev–Trinajstić information content (AvgIpc) is 2.49. The number of aromatic amines is 1. The Labute approximate surface area is 121 Å². The molecule has 0 aliphatic heterocycles. The predicted molar refractivity (Wildman–Crippen MR) is 80.0 cm³/mol. The molecule has 1 amide bonds. The minimum absolute atomic E-state index is 0.0130. The second-order valence-electron chi connectivity index (χ2n) is 4.19. The zero-order chi connectivity index (χ0) is 15.1. The highest BCUT2D eigenvalue weighted by Gasteiger charge is 2.11. The average molecular weight is 282 g/mol. The van der Waals surface area contributed by atoms with Crippen molar-refractivity contribution in [3.05, 3.63) is 64.1 Å². The quantitative estimate of drug-likeness (QED) is 0.743. The standard InChI is InChI=1S/C16H14N2O3/c19-11-4-3-7-12-6-1-2-9-14(12)18-16(21)13-8-5-10-17-15(13)20/h1-2,5-6,8-10,19H,4,11H2,(H,17,20)(H,18,21). The summed E-state index contributed by atoms with van der Waals surface area (Å²) in [6, 6.07) is 10.1. The van der Waals surface area contributed by atoms with Gasteiger partial charge < -0.3 is 15.4 Å². The fraction of sp³-hybridized carbons (Fsp3) is 0.125. The molecule has 0 atom stereocenters. The van der Waals surface area contributed by atoms with Crippen LogP contribution in [-0.4, -0.2) is 22.6 Å². The van der Waals surface area contributed by atoms with Gasteiger partial charge in [0.15, 0.2) is 0 Å². The van der Waals surface area contributed by atoms with Gasteiger partial charge in [-0.1, -0.05) is 24.0 Å². The number of carbonyl (C=O) groups is 1. The molecule has 21 heavy (non-hydrogen) atoms. The van der Waals surface area contributed by atoms with Crippen LogP contribution in [0.5, 0.6) is 0 Å². The third kappa shape index (κ3) is 3.81. The van der Waals surface area contributed by atoms with E-state index in [2.05, 4.69) is 22.1 Å². The Bertz CT molecular complexity index is 754. The van der Waals surface area contributed by atoms with E-state index in [0.29, 0.717) is 17.7 Å². The van der Waals surface area contributed by atoms with E-state index in [9.17, 15) is 9.59 Å². The number of nitrogens with one attached hydrogen (secondary N) is 2. The lowest BCUT2D eigenvalue weighted by Gasteiger charge is -2.06. The smallest absolute Gasteiger partial charge is 0.261 e. The van der Waals surface area contributed by atoms with Gasteiger partial charge in [-0.2, -0.15) is 0 Å². The van der Waals surface area contributed by atoms with Gasteiger partial charge in [0.25, 0.3) is 11.5 Å². The molecular weight excluding hydrogens is 268 g/mol. The van der Waals surface area contributed by atoms with Crippen LogP contribution >= 0.6 is 0 Å². The van der Waals surface area contributed by atoms with Gasteiger partial charge in [-0.15, -0.1) is 0 Å². The Morgan fingerprint density at radius 2 is 2.05 bits per heavy atom. The first-order valence-corrected chi connectivity index (χ1v) is 6.40. The summed E-state index contributed by atoms with van der Waals surface area (Å²) in [5.74, 6) is 5.18. The number of carbonyl (C=O) groups excluding carboxylic acids is 1. The van der Waals surface area contributed by atoms with Crippen LogP contribution < -0.4 is 10.9 Å². The van der Waals surface area contributed by atoms with E-state index < -0.39 is 11.5 Å². The molecule has 1 aromatic carbocycles. The summed E-state index contributed by atoms with van der Waals surface area (Å²) < 4.78 is 0. The Hall–Kier alpha value is -2.84. The van der Waals surface area contributed by atoms with Gasteiger partial charge in [0.05, 0.1) is 12.3 Å². The maximum absolute atomic E-state index is 12.1. The second-order valence-corrected chi connectivity index (χ2v) is 4.19. The Morgan fingerprint density at radius 1 is 1.24 bits per heavy atom. The Kier molecular flexibility index (Phi) is 4.91. The van der Waals surface area contributed by atoms with E-state index in [1.165, 1.54) is 12.3 Å². The monoisotopic (exact) mass is 282 g/mol. The van der Waals surface area contributed by atoms with Crippen LogP contribution in [0.3, 0.4) is 0 Å². The maximum atomic E-state index is 12.1. The van der Waals surface area contributed by atoms with E-state index in [4.69, 9.17) is 5.11 Å². The summed E-state index contributed by atoms with van der Waals surface area (Å²) in [4.78, 5) is 26.1. The summed E-state index contributed by atoms with van der Waals surface area (Å²) >= 11 is 0. The van der Waals surface area contributed by atoms with Crippen molar-refractivity contribution in [2.75, 3.05) is 11.9 Å². The fourth-order valence-corrected chi connectivity index (χ4v) is 1.70. The number of hydrogen-bond donors (Lipinski definition) is 3. The van der Waals surface area contributed by atoms with Crippen molar-refractivity contribution in [3.63, 3.8) is 0 Å². The Balaban J connectivity index is 2.25. The molecule has 0 spiro atoms. The molecule has 5 heteroatoms. The number of aliphatic hydroxyl groups excluding tert-OH is 1. The number of benzene rings is 1. The third-order valence-corrected chi connectivity index (χ3v) is 2.70. The summed E-state index contributed by atoms with van der Waals surface area (Å²) in [5, 5.41) is 11.4. The number of H-pyrrole nitrogens is 1. The van der Waals surface area contributed by atoms with E-state index in [-0.39, 0.29) is 12.2 Å². The molecule has 106 valence electrons. The molecule has 0 unspecified atom stereocenters. The van der Waals surface area contributed by atoms with E-state index in [1.54, 1.807) is 30.3 Å². The van der Waals surface area contributed by atoms with Gasteiger partial charge in [-0.25, -0.2) is 0 Å². The van der Waals surface area contributed by atoms with Gasteiger partial charge in [-0.3, -0.25) is 9.59 Å². The number of anilines is 1. The van der Waals surface area contributed by atoms with Crippen molar-refractivity contribution in [2.24, 2.45) is 0 Å². The molecule has 0 saturated carbocycles. The number of amides is 1. The minimum atomic E-state index is -0.492. The van der Waals surface area contributed by atoms with Gasteiger partial charge >= 0.3 is 0 Å². The SMILES string of the molecule is O=C(Nc1ccccc1C#CCCO)c1ccc[nH]c1=O. The first-order chi connectivity index (χ1) is 10.2. The van der Waals surface area contributed by atoms with Gasteiger partial charge in [-0.05, 0) is 24.3 Å². The molecule has 0 aliphatic carbocycles. The van der Waals surface area contributed by atoms with Gasteiger partial charge in [0.1, 0.15) is 5.56 Å². The lowest BCUT2D eigenvalue weighted by Crippen LogP contribution is -2.22. The van der Waals surface area contributed by atoms with Crippen molar-refractivity contribution in [1.29, 1.82) is 0 Å². The zero-order valence-corrected chi connectivity index (χ0v) is 11.2. The van der Waals surface area contributed by atoms with Crippen LogP contribution in [0.4, 0.5) is 5.69 Å². The van der Waals surface area contributed by atoms with Crippen LogP contribution in [0.2, 0.25) is 0 Å². The van der Waals surface area contributed by atoms with Crippen LogP contribution in [-0.2, 0) is 0 Å². The van der Waals surface area contributed by atoms with Gasteiger partial charge in [0.2, 0.25) is 0 Å². The van der Waals surface area contributed by atoms with E-state index in [0.717, 1.165) is 0 Å². The van der Waals surface area contributed by atoms with Crippen molar-refractivity contribution in [2.45, 2.75) is 6.42 Å². The van der Waals surface area contributed by atoms with Crippen molar-refractivity contribution in [1.82, 2.24) is 4.98 Å². The second kappa shape index (κ2) is 7.08. The molecule has 5 nitrogen and oxygen atoms in total. The number of rotatable bonds is 3. The van der Waals surface area contributed by atoms with Crippen molar-refractivity contribution < 1.29 is 9.90 Å². The van der Waals surface area contributed by atoms with Crippen LogP contribution in [0.15, 0.2) is 47.4 Å². The molecule has 2 rings (SSSR count). The number of para-hydroxylation sites is 1. The topological polar surface area (TPSA) is 82.2 Å². The molecule has 0 fully saturated rings. The van der Waals surface area contributed by atoms with Crippen LogP contribution in [0.1, 0.15) is 22.3 Å². The summed E-state index contributed by atoms with van der Waals surface area (Å²) in [7, 11) is 0. The summed E-state index contributed by atoms with van der Waals surface area (Å²) in [6.07, 6.45) is 1.83. The fourth-order valence-electron chi connectivity index (χ4n) is 1.70. The molecule has 0 aliphatic rings. The van der Waals surface area contributed by atoms with Crippen molar-refractivity contribution >= 4 is 11.6 Å². The highest BCUT2D eigenvalue weighted by Crippen LogP contribution is 2.14. The molecule has 0 radical (unpaired) electrons. The number of aliphatic hydroxyl groups is 1. The highest BCUT2D eigenvalue weighted by atomic mass is 16.2. The maximum Gasteiger partial charge on any atom is 0.261 e. The Morgan fingerprint density at radius 3 is 2.81 bits per heavy atom. The van der Waals surface area contributed by atoms with E-state index in [1.807, 2.05) is 0 Å². The van der Waals surface area contributed by atoms with Crippen LogP contribution in [0, 0.1) is 11.8 Å². The molecule has 0 saturated heterocycles. The predicted octanol–water partition coefficient (Wildman–Crippen LogP) is 1.36. The molecule has 0 bridgehead atoms. The zero-order valence-electron chi connectivity index (χ0n) is 11.2. The number of pyridine rings is 1. The molecule has 1 heterocycles. The van der Waals surface area contributed by atoms with E-state index >= 15 is 0 Å². The molecular formula is C16H14N2O3. The summed E-state index contributed by atoms with van der Waals surface area (Å²) in [6.45, 7) is -0.0130. The highest BCUT2D eigenvalue weighted by molar-refractivity contribution is 6.04. The summed E-state index contributed by atoms with van der Waals surface area (Å²) in [5.41, 5.74) is 0.748. The number of hydrogen-bond acceptors (Lipinski definition) is 3. The lowest BCUT2D eigenvalue weighted by molar-refractivity contribution is 0.102. The largest absolute Gasteiger partial charge is 0.395 e. The lowest BCUT2D eigenvalue weighted by atomic mass is 10.1. The first-order valence-electron chi connectivity index (χ1n) is 6.40. The molecule has 2 aromatic rings. The first kappa shape index (κ1) is 14.6. The van der Waals surface area contributed by atoms with Crippen LogP contribution in [0.25, 0.3) is 0 Å². The van der Waals surface area contributed by atoms with Crippen molar-refractivity contribution in [3.8, 4) is 11.8 Å². The normalized spacial score (nSPS) is 9.57. The van der Waals surface area contributed by atoms with Gasteiger partial charge in [0, 0.05) is 18.2 Å². The molecule has 1 aromatic heterocycles. The third-order valence-electron chi connectivity index (χ3n) is 2.70. The molecule has 3 N–H and O–H groups in total.